The normalized spacial score (nSPS) is 11.1. The summed E-state index contributed by atoms with van der Waals surface area (Å²) in [7, 11) is 0. The molecule has 0 saturated heterocycles. The standard InChI is InChI=1S/C15H8N4O3S/c20-19(21)10-6-7-12(15-14(10)17-22-18-15)23-11-5-1-3-9-4-2-8-16-13(9)11/h1-8H. The predicted octanol–water partition coefficient (Wildman–Crippen LogP) is 3.83. The van der Waals surface area contributed by atoms with Gasteiger partial charge in [0.15, 0.2) is 5.52 Å². The molecule has 0 atom stereocenters. The van der Waals surface area contributed by atoms with E-state index in [1.54, 1.807) is 12.3 Å². The molecule has 0 amide bonds. The van der Waals surface area contributed by atoms with Gasteiger partial charge in [0.1, 0.15) is 0 Å². The van der Waals surface area contributed by atoms with Gasteiger partial charge in [-0.25, -0.2) is 4.63 Å². The maximum Gasteiger partial charge on any atom is 0.300 e. The highest BCUT2D eigenvalue weighted by Crippen LogP contribution is 2.37. The number of nitro benzene ring substituents is 1. The number of nitro groups is 1. The number of pyridine rings is 1. The van der Waals surface area contributed by atoms with Crippen molar-refractivity contribution in [3.05, 3.63) is 58.8 Å². The Morgan fingerprint density at radius 1 is 0.957 bits per heavy atom. The molecule has 0 saturated carbocycles. The summed E-state index contributed by atoms with van der Waals surface area (Å²) in [6.45, 7) is 0. The summed E-state index contributed by atoms with van der Waals surface area (Å²) in [6.07, 6.45) is 1.73. The third-order valence-electron chi connectivity index (χ3n) is 3.37. The highest BCUT2D eigenvalue weighted by atomic mass is 32.2. The Morgan fingerprint density at radius 3 is 2.61 bits per heavy atom. The lowest BCUT2D eigenvalue weighted by Gasteiger charge is -2.05. The minimum absolute atomic E-state index is 0.123. The van der Waals surface area contributed by atoms with E-state index < -0.39 is 4.92 Å². The molecule has 2 aromatic carbocycles. The van der Waals surface area contributed by atoms with Crippen molar-refractivity contribution in [3.8, 4) is 0 Å². The van der Waals surface area contributed by atoms with Crippen LogP contribution in [0.15, 0.2) is 63.1 Å². The molecule has 0 fully saturated rings. The summed E-state index contributed by atoms with van der Waals surface area (Å²) < 4.78 is 4.69. The molecular weight excluding hydrogens is 316 g/mol. The zero-order valence-corrected chi connectivity index (χ0v) is 12.4. The van der Waals surface area contributed by atoms with E-state index in [1.165, 1.54) is 17.8 Å². The van der Waals surface area contributed by atoms with Gasteiger partial charge in [0.2, 0.25) is 5.52 Å². The molecular formula is C15H8N4O3S. The van der Waals surface area contributed by atoms with Crippen molar-refractivity contribution in [1.82, 2.24) is 15.3 Å². The molecule has 112 valence electrons. The second-order valence-electron chi connectivity index (χ2n) is 4.73. The number of benzene rings is 2. The van der Waals surface area contributed by atoms with Gasteiger partial charge < -0.3 is 0 Å². The maximum absolute atomic E-state index is 11.0. The van der Waals surface area contributed by atoms with E-state index in [-0.39, 0.29) is 11.2 Å². The van der Waals surface area contributed by atoms with Crippen LogP contribution in [0, 0.1) is 10.1 Å². The number of aromatic nitrogens is 3. The number of hydrogen-bond donors (Lipinski definition) is 0. The second-order valence-corrected chi connectivity index (χ2v) is 5.82. The summed E-state index contributed by atoms with van der Waals surface area (Å²) in [5, 5.41) is 19.5. The van der Waals surface area contributed by atoms with Crippen LogP contribution in [0.1, 0.15) is 0 Å². The molecule has 0 N–H and O–H groups in total. The first-order valence-corrected chi connectivity index (χ1v) is 7.47. The van der Waals surface area contributed by atoms with E-state index >= 15 is 0 Å². The Hall–Kier alpha value is -3.00. The molecule has 0 aliphatic carbocycles. The van der Waals surface area contributed by atoms with Crippen molar-refractivity contribution in [2.45, 2.75) is 9.79 Å². The molecule has 0 bridgehead atoms. The minimum atomic E-state index is -0.500. The van der Waals surface area contributed by atoms with Crippen molar-refractivity contribution < 1.29 is 9.55 Å². The first-order valence-electron chi connectivity index (χ1n) is 6.65. The molecule has 0 aliphatic rings. The third-order valence-corrected chi connectivity index (χ3v) is 4.47. The number of nitrogens with zero attached hydrogens (tertiary/aromatic N) is 4. The molecule has 8 heteroatoms. The number of rotatable bonds is 3. The van der Waals surface area contributed by atoms with Crippen LogP contribution in [0.2, 0.25) is 0 Å². The lowest BCUT2D eigenvalue weighted by atomic mass is 10.2. The molecule has 2 heterocycles. The molecule has 23 heavy (non-hydrogen) atoms. The second kappa shape index (κ2) is 5.33. The van der Waals surface area contributed by atoms with Crippen LogP contribution in [-0.2, 0) is 0 Å². The fourth-order valence-electron chi connectivity index (χ4n) is 2.34. The van der Waals surface area contributed by atoms with Gasteiger partial charge in [0, 0.05) is 27.4 Å². The Labute approximate surface area is 133 Å². The molecule has 0 aliphatic heterocycles. The van der Waals surface area contributed by atoms with Gasteiger partial charge in [-0.2, -0.15) is 0 Å². The van der Waals surface area contributed by atoms with Gasteiger partial charge in [-0.3, -0.25) is 15.1 Å². The molecule has 4 aromatic rings. The van der Waals surface area contributed by atoms with Gasteiger partial charge >= 0.3 is 5.69 Å². The van der Waals surface area contributed by atoms with Crippen LogP contribution in [0.5, 0.6) is 0 Å². The van der Waals surface area contributed by atoms with E-state index in [0.717, 1.165) is 20.7 Å². The number of non-ortho nitro benzene ring substituents is 1. The van der Waals surface area contributed by atoms with Crippen molar-refractivity contribution >= 4 is 39.4 Å². The third kappa shape index (κ3) is 2.29. The van der Waals surface area contributed by atoms with Crippen molar-refractivity contribution in [2.75, 3.05) is 0 Å². The maximum atomic E-state index is 11.0. The average Bonchev–Trinajstić information content (AvgIpc) is 3.05. The quantitative estimate of drug-likeness (QED) is 0.417. The SMILES string of the molecule is O=[N+]([O-])c1ccc(Sc2cccc3cccnc23)c2nonc12. The summed E-state index contributed by atoms with van der Waals surface area (Å²) in [5.41, 5.74) is 1.26. The number of para-hydroxylation sites is 1. The van der Waals surface area contributed by atoms with Gasteiger partial charge in [-0.1, -0.05) is 30.0 Å². The zero-order chi connectivity index (χ0) is 15.8. The number of fused-ring (bicyclic) bond motifs is 2. The summed E-state index contributed by atoms with van der Waals surface area (Å²) in [5.74, 6) is 0. The van der Waals surface area contributed by atoms with Crippen LogP contribution in [0.25, 0.3) is 21.9 Å². The van der Waals surface area contributed by atoms with E-state index in [0.29, 0.717) is 5.52 Å². The Morgan fingerprint density at radius 2 is 1.74 bits per heavy atom. The monoisotopic (exact) mass is 324 g/mol. The fourth-order valence-corrected chi connectivity index (χ4v) is 3.35. The Bertz CT molecular complexity index is 1040. The van der Waals surface area contributed by atoms with Crippen LogP contribution in [0.3, 0.4) is 0 Å². The highest BCUT2D eigenvalue weighted by molar-refractivity contribution is 7.99. The average molecular weight is 324 g/mol. The molecule has 7 nitrogen and oxygen atoms in total. The van der Waals surface area contributed by atoms with E-state index in [1.807, 2.05) is 30.3 Å². The number of hydrogen-bond acceptors (Lipinski definition) is 7. The first kappa shape index (κ1) is 13.6. The van der Waals surface area contributed by atoms with Gasteiger partial charge in [-0.05, 0) is 28.5 Å². The summed E-state index contributed by atoms with van der Waals surface area (Å²) in [4.78, 5) is 16.6. The van der Waals surface area contributed by atoms with E-state index in [4.69, 9.17) is 0 Å². The molecule has 0 radical (unpaired) electrons. The first-order chi connectivity index (χ1) is 11.2. The van der Waals surface area contributed by atoms with Crippen LogP contribution >= 0.6 is 11.8 Å². The largest absolute Gasteiger partial charge is 0.300 e. The van der Waals surface area contributed by atoms with Crippen molar-refractivity contribution in [1.29, 1.82) is 0 Å². The van der Waals surface area contributed by atoms with Crippen LogP contribution in [-0.4, -0.2) is 20.2 Å². The fraction of sp³-hybridized carbons (Fsp3) is 0. The lowest BCUT2D eigenvalue weighted by Crippen LogP contribution is -1.90. The Balaban J connectivity index is 1.86. The van der Waals surface area contributed by atoms with Gasteiger partial charge in [0.25, 0.3) is 0 Å². The molecule has 0 unspecified atom stereocenters. The zero-order valence-electron chi connectivity index (χ0n) is 11.5. The molecule has 4 rings (SSSR count). The van der Waals surface area contributed by atoms with Crippen LogP contribution in [0.4, 0.5) is 5.69 Å². The molecule has 0 spiro atoms. The van der Waals surface area contributed by atoms with E-state index in [2.05, 4.69) is 19.9 Å². The predicted molar refractivity (Wildman–Crippen MR) is 84.3 cm³/mol. The lowest BCUT2D eigenvalue weighted by molar-refractivity contribution is -0.383. The topological polar surface area (TPSA) is 95.0 Å². The minimum Gasteiger partial charge on any atom is -0.258 e. The van der Waals surface area contributed by atoms with Crippen molar-refractivity contribution in [3.63, 3.8) is 0 Å². The Kier molecular flexibility index (Phi) is 3.16. The summed E-state index contributed by atoms with van der Waals surface area (Å²) in [6, 6.07) is 12.8. The van der Waals surface area contributed by atoms with E-state index in [9.17, 15) is 10.1 Å². The van der Waals surface area contributed by atoms with Crippen LogP contribution < -0.4 is 0 Å². The van der Waals surface area contributed by atoms with Crippen molar-refractivity contribution in [2.24, 2.45) is 0 Å². The van der Waals surface area contributed by atoms with Gasteiger partial charge in [-0.15, -0.1) is 0 Å². The van der Waals surface area contributed by atoms with Gasteiger partial charge in [0.05, 0.1) is 10.4 Å². The highest BCUT2D eigenvalue weighted by Gasteiger charge is 2.20. The summed E-state index contributed by atoms with van der Waals surface area (Å²) >= 11 is 1.42. The smallest absolute Gasteiger partial charge is 0.258 e. The molecule has 2 aromatic heterocycles.